The number of aliphatic imine (C=N–C) groups is 1. The van der Waals surface area contributed by atoms with Crippen molar-refractivity contribution in [2.24, 2.45) is 16.1 Å². The molecule has 1 saturated carbocycles. The Morgan fingerprint density at radius 1 is 1.33 bits per heavy atom. The summed E-state index contributed by atoms with van der Waals surface area (Å²) in [6.45, 7) is 4.34. The molecule has 0 bridgehead atoms. The molecule has 1 aromatic carbocycles. The van der Waals surface area contributed by atoms with Gasteiger partial charge in [0, 0.05) is 30.9 Å². The Morgan fingerprint density at radius 3 is 2.67 bits per heavy atom. The molecule has 1 saturated heterocycles. The predicted octanol–water partition coefficient (Wildman–Crippen LogP) is 2.40. The molecule has 3 rings (SSSR count). The van der Waals surface area contributed by atoms with Gasteiger partial charge in [-0.15, -0.1) is 0 Å². The van der Waals surface area contributed by atoms with Gasteiger partial charge in [0.1, 0.15) is 5.75 Å². The van der Waals surface area contributed by atoms with Crippen LogP contribution in [0.5, 0.6) is 5.75 Å². The Bertz CT molecular complexity index is 567. The van der Waals surface area contributed by atoms with E-state index < -0.39 is 0 Å². The fourth-order valence-corrected chi connectivity index (χ4v) is 3.77. The van der Waals surface area contributed by atoms with Crippen LogP contribution in [0.25, 0.3) is 0 Å². The average molecular weight is 333 g/mol. The second-order valence-electron chi connectivity index (χ2n) is 6.41. The molecule has 2 unspecified atom stereocenters. The van der Waals surface area contributed by atoms with Crippen molar-refractivity contribution in [1.82, 2.24) is 0 Å². The molecule has 6 nitrogen and oxygen atoms in total. The van der Waals surface area contributed by atoms with Crippen LogP contribution in [0.1, 0.15) is 26.2 Å². The quantitative estimate of drug-likeness (QED) is 0.639. The van der Waals surface area contributed by atoms with E-state index in [1.807, 2.05) is 31.2 Å². The number of hydrogen-bond donors (Lipinski definition) is 2. The van der Waals surface area contributed by atoms with Crippen molar-refractivity contribution in [1.29, 1.82) is 0 Å². The van der Waals surface area contributed by atoms with Gasteiger partial charge in [0.15, 0.2) is 5.96 Å². The minimum atomic E-state index is 0.0838. The van der Waals surface area contributed by atoms with Crippen molar-refractivity contribution < 1.29 is 14.2 Å². The maximum Gasteiger partial charge on any atom is 0.193 e. The number of rotatable bonds is 5. The molecule has 1 aromatic rings. The van der Waals surface area contributed by atoms with Crippen molar-refractivity contribution in [3.05, 3.63) is 24.3 Å². The lowest BCUT2D eigenvalue weighted by atomic mass is 9.58. The summed E-state index contributed by atoms with van der Waals surface area (Å²) in [4.78, 5) is 4.75. The highest BCUT2D eigenvalue weighted by Gasteiger charge is 2.56. The summed E-state index contributed by atoms with van der Waals surface area (Å²) in [6, 6.07) is 7.84. The summed E-state index contributed by atoms with van der Waals surface area (Å²) in [5.74, 6) is 1.27. The zero-order valence-electron chi connectivity index (χ0n) is 14.5. The summed E-state index contributed by atoms with van der Waals surface area (Å²) < 4.78 is 16.6. The van der Waals surface area contributed by atoms with Crippen molar-refractivity contribution in [2.45, 2.75) is 38.3 Å². The molecule has 2 atom stereocenters. The van der Waals surface area contributed by atoms with Gasteiger partial charge in [-0.1, -0.05) is 0 Å². The smallest absolute Gasteiger partial charge is 0.193 e. The van der Waals surface area contributed by atoms with Crippen LogP contribution in [0.3, 0.4) is 0 Å². The molecule has 1 spiro atoms. The van der Waals surface area contributed by atoms with Gasteiger partial charge in [0.2, 0.25) is 0 Å². The minimum Gasteiger partial charge on any atom is -0.497 e. The van der Waals surface area contributed by atoms with E-state index in [9.17, 15) is 0 Å². The summed E-state index contributed by atoms with van der Waals surface area (Å²) in [7, 11) is 1.65. The van der Waals surface area contributed by atoms with E-state index in [2.05, 4.69) is 5.32 Å². The molecule has 132 valence electrons. The maximum atomic E-state index is 6.13. The predicted molar refractivity (Wildman–Crippen MR) is 94.5 cm³/mol. The van der Waals surface area contributed by atoms with Crippen LogP contribution < -0.4 is 15.8 Å². The van der Waals surface area contributed by atoms with Crippen LogP contribution in [0.4, 0.5) is 5.69 Å². The number of anilines is 1. The summed E-state index contributed by atoms with van der Waals surface area (Å²) in [5, 5.41) is 3.16. The Morgan fingerprint density at radius 2 is 2.04 bits per heavy atom. The van der Waals surface area contributed by atoms with Gasteiger partial charge < -0.3 is 25.3 Å². The third-order valence-electron chi connectivity index (χ3n) is 5.19. The SMILES string of the molecule is CCOC1CC(N=C(N)Nc2ccc(OC)cc2)C12CCOCC2. The maximum absolute atomic E-state index is 6.13. The van der Waals surface area contributed by atoms with E-state index in [-0.39, 0.29) is 17.6 Å². The molecule has 6 heteroatoms. The number of nitrogens with one attached hydrogen (secondary N) is 1. The summed E-state index contributed by atoms with van der Waals surface area (Å²) >= 11 is 0. The van der Waals surface area contributed by atoms with E-state index in [0.29, 0.717) is 5.96 Å². The Hall–Kier alpha value is -1.79. The lowest BCUT2D eigenvalue weighted by Crippen LogP contribution is -2.60. The molecule has 2 fully saturated rings. The van der Waals surface area contributed by atoms with Crippen molar-refractivity contribution in [3.63, 3.8) is 0 Å². The molecular weight excluding hydrogens is 306 g/mol. The van der Waals surface area contributed by atoms with Gasteiger partial charge >= 0.3 is 0 Å². The minimum absolute atomic E-state index is 0.0838. The first-order chi connectivity index (χ1) is 11.7. The molecule has 0 amide bonds. The number of ether oxygens (including phenoxy) is 3. The first-order valence-electron chi connectivity index (χ1n) is 8.61. The highest BCUT2D eigenvalue weighted by Crippen LogP contribution is 2.52. The van der Waals surface area contributed by atoms with Gasteiger partial charge in [-0.2, -0.15) is 0 Å². The molecule has 24 heavy (non-hydrogen) atoms. The van der Waals surface area contributed by atoms with Crippen LogP contribution in [0, 0.1) is 5.41 Å². The van der Waals surface area contributed by atoms with Gasteiger partial charge in [-0.25, -0.2) is 4.99 Å². The molecule has 0 radical (unpaired) electrons. The van der Waals surface area contributed by atoms with Crippen molar-refractivity contribution >= 4 is 11.6 Å². The monoisotopic (exact) mass is 333 g/mol. The normalized spacial score (nSPS) is 26.0. The van der Waals surface area contributed by atoms with E-state index in [4.69, 9.17) is 24.9 Å². The third-order valence-corrected chi connectivity index (χ3v) is 5.19. The number of nitrogens with two attached hydrogens (primary N) is 1. The lowest BCUT2D eigenvalue weighted by Gasteiger charge is -2.55. The molecule has 2 aliphatic rings. The van der Waals surface area contributed by atoms with Crippen LogP contribution in [-0.2, 0) is 9.47 Å². The van der Waals surface area contributed by atoms with Crippen LogP contribution in [0.2, 0.25) is 0 Å². The second-order valence-corrected chi connectivity index (χ2v) is 6.41. The zero-order chi connectivity index (χ0) is 17.0. The summed E-state index contributed by atoms with van der Waals surface area (Å²) in [5.41, 5.74) is 7.12. The van der Waals surface area contributed by atoms with Crippen molar-refractivity contribution in [3.8, 4) is 5.75 Å². The van der Waals surface area contributed by atoms with E-state index in [1.54, 1.807) is 7.11 Å². The van der Waals surface area contributed by atoms with E-state index in [0.717, 1.165) is 50.5 Å². The standard InChI is InChI=1S/C18H27N3O3/c1-3-24-16-12-15(18(16)8-10-23-11-9-18)21-17(19)20-13-4-6-14(22-2)7-5-13/h4-7,15-16H,3,8-12H2,1-2H3,(H3,19,20,21). The highest BCUT2D eigenvalue weighted by molar-refractivity contribution is 5.92. The Labute approximate surface area is 143 Å². The first-order valence-corrected chi connectivity index (χ1v) is 8.61. The van der Waals surface area contributed by atoms with Gasteiger partial charge in [-0.3, -0.25) is 0 Å². The van der Waals surface area contributed by atoms with E-state index in [1.165, 1.54) is 0 Å². The van der Waals surface area contributed by atoms with Gasteiger partial charge in [-0.05, 0) is 50.5 Å². The molecule has 1 aliphatic carbocycles. The summed E-state index contributed by atoms with van der Waals surface area (Å²) in [6.07, 6.45) is 3.18. The number of guanidine groups is 1. The lowest BCUT2D eigenvalue weighted by molar-refractivity contribution is -0.163. The molecule has 1 heterocycles. The topological polar surface area (TPSA) is 78.1 Å². The number of benzene rings is 1. The second kappa shape index (κ2) is 7.40. The van der Waals surface area contributed by atoms with Crippen LogP contribution >= 0.6 is 0 Å². The Kier molecular flexibility index (Phi) is 5.26. The van der Waals surface area contributed by atoms with Crippen LogP contribution in [0.15, 0.2) is 29.3 Å². The fourth-order valence-electron chi connectivity index (χ4n) is 3.77. The van der Waals surface area contributed by atoms with Gasteiger partial charge in [0.25, 0.3) is 0 Å². The zero-order valence-corrected chi connectivity index (χ0v) is 14.5. The number of methoxy groups -OCH3 is 1. The van der Waals surface area contributed by atoms with Crippen molar-refractivity contribution in [2.75, 3.05) is 32.2 Å². The fraction of sp³-hybridized carbons (Fsp3) is 0.611. The third kappa shape index (κ3) is 3.35. The van der Waals surface area contributed by atoms with Crippen LogP contribution in [-0.4, -0.2) is 45.0 Å². The molecule has 1 aliphatic heterocycles. The average Bonchev–Trinajstić information content (AvgIpc) is 2.62. The largest absolute Gasteiger partial charge is 0.497 e. The van der Waals surface area contributed by atoms with E-state index >= 15 is 0 Å². The molecule has 0 aromatic heterocycles. The number of hydrogen-bond acceptors (Lipinski definition) is 4. The molecular formula is C18H27N3O3. The highest BCUT2D eigenvalue weighted by atomic mass is 16.5. The van der Waals surface area contributed by atoms with Gasteiger partial charge in [0.05, 0.1) is 19.3 Å². The molecule has 3 N–H and O–H groups in total. The number of nitrogens with zero attached hydrogens (tertiary/aromatic N) is 1. The Balaban J connectivity index is 1.67. The first kappa shape index (κ1) is 17.0.